The molecule has 0 bridgehead atoms. The third-order valence-electron chi connectivity index (χ3n) is 10.4. The Morgan fingerprint density at radius 3 is 1.52 bits per heavy atom. The van der Waals surface area contributed by atoms with Crippen LogP contribution in [0.5, 0.6) is 0 Å². The van der Waals surface area contributed by atoms with E-state index in [-0.39, 0.29) is 24.9 Å². The first kappa shape index (κ1) is 58.3. The maximum Gasteiger partial charge on any atom is 0.306 e. The van der Waals surface area contributed by atoms with Gasteiger partial charge in [0, 0.05) is 6.42 Å². The summed E-state index contributed by atoms with van der Waals surface area (Å²) < 4.78 is 5.88. The van der Waals surface area contributed by atoms with Crippen LogP contribution < -0.4 is 5.32 Å². The highest BCUT2D eigenvalue weighted by atomic mass is 16.5. The lowest BCUT2D eigenvalue weighted by Gasteiger charge is -2.24. The highest BCUT2D eigenvalue weighted by molar-refractivity contribution is 5.77. The Kier molecular flexibility index (Phi) is 45.4. The van der Waals surface area contributed by atoms with Crippen LogP contribution in [0.3, 0.4) is 0 Å². The van der Waals surface area contributed by atoms with Gasteiger partial charge < -0.3 is 20.3 Å². The summed E-state index contributed by atoms with van der Waals surface area (Å²) in [6, 6.07) is -0.736. The molecule has 0 aliphatic rings. The van der Waals surface area contributed by atoms with Gasteiger partial charge in [0.1, 0.15) is 6.10 Å². The minimum absolute atomic E-state index is 0.0130. The fourth-order valence-electron chi connectivity index (χ4n) is 6.68. The van der Waals surface area contributed by atoms with E-state index in [1.54, 1.807) is 0 Å². The van der Waals surface area contributed by atoms with E-state index in [9.17, 15) is 19.8 Å². The third kappa shape index (κ3) is 42.9. The molecular formula is C56H91NO5. The molecule has 62 heavy (non-hydrogen) atoms. The van der Waals surface area contributed by atoms with Gasteiger partial charge in [0.2, 0.25) is 5.91 Å². The quantitative estimate of drug-likeness (QED) is 0.0246. The lowest BCUT2D eigenvalue weighted by atomic mass is 10.0. The standard InChI is InChI=1S/C56H91NO5/c1-4-7-10-13-16-19-21-23-25-27-29-31-33-36-38-41-44-47-52(50-55(60)57-53(51-58)54(59)48-45-42-39-35-18-15-12-9-6-3)62-56(61)49-46-43-40-37-34-32-30-28-26-24-22-20-17-14-11-8-5-2/h8,11,14,16-17,19-20,22-26,28-32,34,36,38,52-54,58-59H,4-7,9-10,12-13,15,18,21,27,33,35,37,39-51H2,1-3H3,(H,57,60)/b11-8-,17-14+,19-16-,22-20+,25-23-,26-24-,30-28+,31-29-,34-32+,38-36-. The van der Waals surface area contributed by atoms with Gasteiger partial charge in [-0.05, 0) is 83.5 Å². The molecule has 3 unspecified atom stereocenters. The van der Waals surface area contributed by atoms with Gasteiger partial charge in [-0.1, -0.05) is 219 Å². The molecule has 0 saturated heterocycles. The Bertz CT molecular complexity index is 1330. The molecule has 0 radical (unpaired) electrons. The molecule has 1 amide bonds. The molecule has 0 saturated carbocycles. The minimum atomic E-state index is -0.817. The second-order valence-electron chi connectivity index (χ2n) is 16.3. The van der Waals surface area contributed by atoms with Crippen molar-refractivity contribution in [3.05, 3.63) is 122 Å². The van der Waals surface area contributed by atoms with Gasteiger partial charge in [-0.15, -0.1) is 0 Å². The van der Waals surface area contributed by atoms with E-state index in [0.29, 0.717) is 19.3 Å². The number of ether oxygens (including phenoxy) is 1. The van der Waals surface area contributed by atoms with Crippen molar-refractivity contribution < 1.29 is 24.5 Å². The number of nitrogens with one attached hydrogen (secondary N) is 1. The number of aliphatic hydroxyl groups excluding tert-OH is 2. The molecule has 0 spiro atoms. The van der Waals surface area contributed by atoms with Crippen molar-refractivity contribution in [1.29, 1.82) is 0 Å². The average molecular weight is 858 g/mol. The molecular weight excluding hydrogens is 767 g/mol. The van der Waals surface area contributed by atoms with Crippen LogP contribution in [0, 0.1) is 0 Å². The van der Waals surface area contributed by atoms with E-state index in [0.717, 1.165) is 83.5 Å². The lowest BCUT2D eigenvalue weighted by molar-refractivity contribution is -0.151. The van der Waals surface area contributed by atoms with Gasteiger partial charge in [0.25, 0.3) is 0 Å². The van der Waals surface area contributed by atoms with Gasteiger partial charge in [-0.2, -0.15) is 0 Å². The number of rotatable bonds is 42. The van der Waals surface area contributed by atoms with Crippen molar-refractivity contribution in [2.45, 2.75) is 212 Å². The van der Waals surface area contributed by atoms with Crippen LogP contribution in [-0.4, -0.2) is 46.9 Å². The van der Waals surface area contributed by atoms with Crippen molar-refractivity contribution in [3.8, 4) is 0 Å². The number of hydrogen-bond acceptors (Lipinski definition) is 5. The van der Waals surface area contributed by atoms with Gasteiger partial charge in [0.15, 0.2) is 0 Å². The molecule has 0 aromatic carbocycles. The summed E-state index contributed by atoms with van der Waals surface area (Å²) in [6.45, 7) is 6.24. The van der Waals surface area contributed by atoms with E-state index in [2.05, 4.69) is 86.8 Å². The van der Waals surface area contributed by atoms with Crippen molar-refractivity contribution in [2.24, 2.45) is 0 Å². The molecule has 0 aromatic heterocycles. The number of allylic oxidation sites excluding steroid dienone is 20. The molecule has 0 aromatic rings. The van der Waals surface area contributed by atoms with E-state index in [4.69, 9.17) is 4.74 Å². The molecule has 0 rings (SSSR count). The summed E-state index contributed by atoms with van der Waals surface area (Å²) >= 11 is 0. The van der Waals surface area contributed by atoms with Crippen LogP contribution in [0.15, 0.2) is 122 Å². The monoisotopic (exact) mass is 858 g/mol. The molecule has 6 nitrogen and oxygen atoms in total. The number of esters is 1. The largest absolute Gasteiger partial charge is 0.462 e. The van der Waals surface area contributed by atoms with Crippen LogP contribution in [0.1, 0.15) is 194 Å². The van der Waals surface area contributed by atoms with Crippen LogP contribution in [0.2, 0.25) is 0 Å². The second kappa shape index (κ2) is 48.3. The van der Waals surface area contributed by atoms with Crippen molar-refractivity contribution in [2.75, 3.05) is 6.61 Å². The average Bonchev–Trinajstić information content (AvgIpc) is 3.26. The first-order valence-corrected chi connectivity index (χ1v) is 24.8. The zero-order valence-electron chi connectivity index (χ0n) is 39.7. The van der Waals surface area contributed by atoms with E-state index in [1.165, 1.54) is 64.2 Å². The van der Waals surface area contributed by atoms with Crippen molar-refractivity contribution >= 4 is 11.9 Å². The summed E-state index contributed by atoms with van der Waals surface area (Å²) in [4.78, 5) is 26.1. The second-order valence-corrected chi connectivity index (χ2v) is 16.3. The minimum Gasteiger partial charge on any atom is -0.462 e. The molecule has 350 valence electrons. The molecule has 3 N–H and O–H groups in total. The first-order valence-electron chi connectivity index (χ1n) is 24.8. The summed E-state index contributed by atoms with van der Waals surface area (Å²) in [5.74, 6) is -0.594. The lowest BCUT2D eigenvalue weighted by Crippen LogP contribution is -2.46. The maximum absolute atomic E-state index is 13.2. The molecule has 0 heterocycles. The highest BCUT2D eigenvalue weighted by Crippen LogP contribution is 2.16. The van der Waals surface area contributed by atoms with Crippen LogP contribution >= 0.6 is 0 Å². The van der Waals surface area contributed by atoms with E-state index < -0.39 is 18.2 Å². The number of unbranched alkanes of at least 4 members (excludes halogenated alkanes) is 15. The third-order valence-corrected chi connectivity index (χ3v) is 10.4. The SMILES string of the molecule is CC\C=C/C=C/C=C/C=C\C=C\C=C\CCCCCC(=O)OC(CCC/C=C\C/C=C\C/C=C\C/C=C\CCCCC)CC(=O)NC(CO)C(O)CCCCCCCCCCC. The molecule has 0 aliphatic carbocycles. The number of hydrogen-bond donors (Lipinski definition) is 3. The highest BCUT2D eigenvalue weighted by Gasteiger charge is 2.24. The Morgan fingerprint density at radius 1 is 0.500 bits per heavy atom. The maximum atomic E-state index is 13.2. The Hall–Kier alpha value is -3.74. The predicted octanol–water partition coefficient (Wildman–Crippen LogP) is 14.9. The number of amides is 1. The predicted molar refractivity (Wildman–Crippen MR) is 268 cm³/mol. The van der Waals surface area contributed by atoms with Crippen LogP contribution in [-0.2, 0) is 14.3 Å². The molecule has 6 heteroatoms. The molecule has 0 fully saturated rings. The number of carbonyl (C=O) groups is 2. The van der Waals surface area contributed by atoms with Gasteiger partial charge in [-0.25, -0.2) is 0 Å². The zero-order valence-corrected chi connectivity index (χ0v) is 39.7. The fourth-order valence-corrected chi connectivity index (χ4v) is 6.68. The summed E-state index contributed by atoms with van der Waals surface area (Å²) in [5.41, 5.74) is 0. The van der Waals surface area contributed by atoms with Crippen LogP contribution in [0.4, 0.5) is 0 Å². The fraction of sp³-hybridized carbons (Fsp3) is 0.607. The van der Waals surface area contributed by atoms with Crippen molar-refractivity contribution in [3.63, 3.8) is 0 Å². The van der Waals surface area contributed by atoms with Crippen LogP contribution in [0.25, 0.3) is 0 Å². The number of carbonyl (C=O) groups excluding carboxylic acids is 2. The Balaban J connectivity index is 4.83. The summed E-state index contributed by atoms with van der Waals surface area (Å²) in [7, 11) is 0. The Labute approximate surface area is 380 Å². The Morgan fingerprint density at radius 2 is 0.952 bits per heavy atom. The zero-order chi connectivity index (χ0) is 45.2. The van der Waals surface area contributed by atoms with Gasteiger partial charge in [-0.3, -0.25) is 9.59 Å². The van der Waals surface area contributed by atoms with Gasteiger partial charge in [0.05, 0.1) is 25.2 Å². The number of aliphatic hydroxyl groups is 2. The molecule has 0 aliphatic heterocycles. The molecule has 3 atom stereocenters. The van der Waals surface area contributed by atoms with Gasteiger partial charge >= 0.3 is 5.97 Å². The van der Waals surface area contributed by atoms with Crippen molar-refractivity contribution in [1.82, 2.24) is 5.32 Å². The van der Waals surface area contributed by atoms with E-state index in [1.807, 2.05) is 60.8 Å². The van der Waals surface area contributed by atoms with E-state index >= 15 is 0 Å². The first-order chi connectivity index (χ1) is 30.5. The summed E-state index contributed by atoms with van der Waals surface area (Å²) in [5, 5.41) is 23.6. The normalized spacial score (nSPS) is 14.3. The topological polar surface area (TPSA) is 95.9 Å². The smallest absolute Gasteiger partial charge is 0.306 e. The summed E-state index contributed by atoms with van der Waals surface area (Å²) in [6.07, 6.45) is 66.8.